The van der Waals surface area contributed by atoms with Gasteiger partial charge in [-0.05, 0) is 56.4 Å². The number of halogens is 1. The molecule has 1 aliphatic heterocycles. The molecular formula is C27H32ClN5O3. The minimum Gasteiger partial charge on any atom is -0.493 e. The second-order valence-electron chi connectivity index (χ2n) is 9.61. The smallest absolute Gasteiger partial charge is 0.236 e. The zero-order valence-electron chi connectivity index (χ0n) is 21.0. The summed E-state index contributed by atoms with van der Waals surface area (Å²) in [7, 11) is 3.52. The van der Waals surface area contributed by atoms with E-state index >= 15 is 0 Å². The molecule has 2 aromatic carbocycles. The van der Waals surface area contributed by atoms with Gasteiger partial charge in [0.25, 0.3) is 0 Å². The van der Waals surface area contributed by atoms with Crippen molar-refractivity contribution in [1.82, 2.24) is 19.8 Å². The Kier molecular flexibility index (Phi) is 7.16. The minimum absolute atomic E-state index is 0.0898. The van der Waals surface area contributed by atoms with E-state index in [1.165, 1.54) is 6.33 Å². The second kappa shape index (κ2) is 10.5. The number of rotatable bonds is 6. The van der Waals surface area contributed by atoms with Crippen LogP contribution < -0.4 is 14.8 Å². The molecule has 2 aliphatic rings. The van der Waals surface area contributed by atoms with Gasteiger partial charge in [-0.1, -0.05) is 17.7 Å². The van der Waals surface area contributed by atoms with Gasteiger partial charge in [0, 0.05) is 48.3 Å². The Labute approximate surface area is 216 Å². The van der Waals surface area contributed by atoms with Gasteiger partial charge in [-0.3, -0.25) is 9.69 Å². The van der Waals surface area contributed by atoms with Crippen molar-refractivity contribution >= 4 is 39.9 Å². The Morgan fingerprint density at radius 1 is 1.08 bits per heavy atom. The summed E-state index contributed by atoms with van der Waals surface area (Å²) in [5.41, 5.74) is 2.61. The summed E-state index contributed by atoms with van der Waals surface area (Å²) in [5, 5.41) is 4.94. The third kappa shape index (κ3) is 5.06. The number of carbonyl (C=O) groups excluding carboxylic acids is 1. The summed E-state index contributed by atoms with van der Waals surface area (Å²) in [4.78, 5) is 25.2. The van der Waals surface area contributed by atoms with Crippen LogP contribution in [0.5, 0.6) is 11.5 Å². The number of benzene rings is 2. The molecule has 9 heteroatoms. The molecule has 0 spiro atoms. The van der Waals surface area contributed by atoms with E-state index in [0.29, 0.717) is 34.9 Å². The van der Waals surface area contributed by atoms with Crippen molar-refractivity contribution in [1.29, 1.82) is 0 Å². The topological polar surface area (TPSA) is 79.8 Å². The SMILES string of the molecule is COc1cc2ncnc(Nc3cccc(Cl)c3C)c2cc1OC1CCC(N2CCN(C)C(=O)C2)CC1. The average molecular weight is 510 g/mol. The van der Waals surface area contributed by atoms with Crippen molar-refractivity contribution < 1.29 is 14.3 Å². The number of nitrogens with one attached hydrogen (secondary N) is 1. The normalized spacial score (nSPS) is 21.0. The van der Waals surface area contributed by atoms with Crippen molar-refractivity contribution in [3.63, 3.8) is 0 Å². The van der Waals surface area contributed by atoms with Crippen molar-refractivity contribution in [2.24, 2.45) is 0 Å². The van der Waals surface area contributed by atoms with Crippen LogP contribution in [0.4, 0.5) is 11.5 Å². The lowest BCUT2D eigenvalue weighted by atomic mass is 9.91. The monoisotopic (exact) mass is 509 g/mol. The molecule has 8 nitrogen and oxygen atoms in total. The summed E-state index contributed by atoms with van der Waals surface area (Å²) < 4.78 is 12.1. The number of piperazine rings is 1. The highest BCUT2D eigenvalue weighted by Crippen LogP contribution is 2.38. The maximum absolute atomic E-state index is 12.1. The van der Waals surface area contributed by atoms with E-state index in [1.54, 1.807) is 7.11 Å². The number of ether oxygens (including phenoxy) is 2. The van der Waals surface area contributed by atoms with E-state index in [1.807, 2.05) is 49.2 Å². The molecule has 1 amide bonds. The highest BCUT2D eigenvalue weighted by atomic mass is 35.5. The van der Waals surface area contributed by atoms with E-state index in [4.69, 9.17) is 21.1 Å². The summed E-state index contributed by atoms with van der Waals surface area (Å²) >= 11 is 6.31. The first-order chi connectivity index (χ1) is 17.4. The first-order valence-electron chi connectivity index (χ1n) is 12.4. The molecule has 2 fully saturated rings. The van der Waals surface area contributed by atoms with Gasteiger partial charge in [-0.15, -0.1) is 0 Å². The lowest BCUT2D eigenvalue weighted by molar-refractivity contribution is -0.135. The summed E-state index contributed by atoms with van der Waals surface area (Å²) in [6, 6.07) is 10.0. The first-order valence-corrected chi connectivity index (χ1v) is 12.8. The summed E-state index contributed by atoms with van der Waals surface area (Å²) in [6.07, 6.45) is 5.53. The van der Waals surface area contributed by atoms with Gasteiger partial charge in [0.05, 0.1) is 25.3 Å². The molecule has 1 saturated carbocycles. The van der Waals surface area contributed by atoms with Crippen molar-refractivity contribution in [3.8, 4) is 11.5 Å². The Morgan fingerprint density at radius 3 is 2.64 bits per heavy atom. The zero-order chi connectivity index (χ0) is 25.2. The van der Waals surface area contributed by atoms with E-state index in [9.17, 15) is 4.79 Å². The van der Waals surface area contributed by atoms with E-state index in [0.717, 1.165) is 60.9 Å². The third-order valence-electron chi connectivity index (χ3n) is 7.38. The molecule has 5 rings (SSSR count). The van der Waals surface area contributed by atoms with Crippen LogP contribution in [0.25, 0.3) is 10.9 Å². The Morgan fingerprint density at radius 2 is 1.89 bits per heavy atom. The van der Waals surface area contributed by atoms with Gasteiger partial charge in [0.2, 0.25) is 5.91 Å². The predicted molar refractivity (Wildman–Crippen MR) is 141 cm³/mol. The van der Waals surface area contributed by atoms with Gasteiger partial charge in [-0.2, -0.15) is 0 Å². The Hall–Kier alpha value is -3.10. The number of likely N-dealkylation sites (N-methyl/N-ethyl adjacent to an activating group) is 1. The van der Waals surface area contributed by atoms with Crippen LogP contribution in [0.15, 0.2) is 36.7 Å². The van der Waals surface area contributed by atoms with Gasteiger partial charge in [-0.25, -0.2) is 9.97 Å². The van der Waals surface area contributed by atoms with Crippen LogP contribution in [-0.2, 0) is 4.79 Å². The van der Waals surface area contributed by atoms with E-state index < -0.39 is 0 Å². The molecule has 1 aliphatic carbocycles. The molecule has 1 aromatic heterocycles. The quantitative estimate of drug-likeness (QED) is 0.511. The van der Waals surface area contributed by atoms with Crippen LogP contribution >= 0.6 is 11.6 Å². The molecule has 190 valence electrons. The molecule has 0 unspecified atom stereocenters. The maximum Gasteiger partial charge on any atom is 0.236 e. The summed E-state index contributed by atoms with van der Waals surface area (Å²) in [6.45, 7) is 4.24. The number of hydrogen-bond acceptors (Lipinski definition) is 7. The fourth-order valence-electron chi connectivity index (χ4n) is 5.08. The number of anilines is 2. The van der Waals surface area contributed by atoms with Crippen LogP contribution in [-0.4, -0.2) is 71.6 Å². The molecule has 36 heavy (non-hydrogen) atoms. The average Bonchev–Trinajstić information content (AvgIpc) is 2.89. The van der Waals surface area contributed by atoms with Gasteiger partial charge < -0.3 is 19.7 Å². The lowest BCUT2D eigenvalue weighted by Crippen LogP contribution is -2.53. The third-order valence-corrected chi connectivity index (χ3v) is 7.79. The van der Waals surface area contributed by atoms with Crippen molar-refractivity contribution in [2.75, 3.05) is 39.1 Å². The molecule has 1 N–H and O–H groups in total. The van der Waals surface area contributed by atoms with Crippen LogP contribution in [0.3, 0.4) is 0 Å². The molecule has 2 heterocycles. The summed E-state index contributed by atoms with van der Waals surface area (Å²) in [5.74, 6) is 2.23. The highest BCUT2D eigenvalue weighted by molar-refractivity contribution is 6.31. The highest BCUT2D eigenvalue weighted by Gasteiger charge is 2.31. The molecule has 0 bridgehead atoms. The largest absolute Gasteiger partial charge is 0.493 e. The molecule has 0 atom stereocenters. The van der Waals surface area contributed by atoms with Crippen LogP contribution in [0.2, 0.25) is 5.02 Å². The fourth-order valence-corrected chi connectivity index (χ4v) is 5.26. The number of nitrogens with zero attached hydrogens (tertiary/aromatic N) is 4. The Bertz CT molecular complexity index is 1260. The molecule has 0 radical (unpaired) electrons. The van der Waals surface area contributed by atoms with Gasteiger partial charge in [0.15, 0.2) is 11.5 Å². The Balaban J connectivity index is 1.33. The number of carbonyl (C=O) groups is 1. The number of hydrogen-bond donors (Lipinski definition) is 1. The number of methoxy groups -OCH3 is 1. The van der Waals surface area contributed by atoms with Crippen molar-refractivity contribution in [2.45, 2.75) is 44.8 Å². The number of fused-ring (bicyclic) bond motifs is 1. The number of aromatic nitrogens is 2. The number of amides is 1. The zero-order valence-corrected chi connectivity index (χ0v) is 21.7. The predicted octanol–water partition coefficient (Wildman–Crippen LogP) is 4.81. The van der Waals surface area contributed by atoms with E-state index in [-0.39, 0.29) is 12.0 Å². The van der Waals surface area contributed by atoms with E-state index in [2.05, 4.69) is 20.2 Å². The minimum atomic E-state index is 0.0898. The van der Waals surface area contributed by atoms with Crippen LogP contribution in [0.1, 0.15) is 31.2 Å². The standard InChI is InChI=1S/C27H32ClN5O3/c1-17-21(28)5-4-6-22(17)31-27-20-13-25(24(35-3)14-23(20)29-16-30-27)36-19-9-7-18(8-10-19)33-12-11-32(2)26(34)15-33/h4-6,13-14,16,18-19H,7-12,15H2,1-3H3,(H,29,30,31). The fraction of sp³-hybridized carbons (Fsp3) is 0.444. The van der Waals surface area contributed by atoms with Crippen LogP contribution in [0, 0.1) is 6.92 Å². The molecule has 1 saturated heterocycles. The second-order valence-corrected chi connectivity index (χ2v) is 10.0. The lowest BCUT2D eigenvalue weighted by Gasteiger charge is -2.40. The molecular weight excluding hydrogens is 478 g/mol. The van der Waals surface area contributed by atoms with Gasteiger partial charge >= 0.3 is 0 Å². The van der Waals surface area contributed by atoms with Crippen molar-refractivity contribution in [3.05, 3.63) is 47.2 Å². The maximum atomic E-state index is 12.1. The van der Waals surface area contributed by atoms with Gasteiger partial charge in [0.1, 0.15) is 12.1 Å². The first kappa shape index (κ1) is 24.6. The molecule has 3 aromatic rings.